The van der Waals surface area contributed by atoms with Gasteiger partial charge in [0.2, 0.25) is 5.91 Å². The first-order valence-corrected chi connectivity index (χ1v) is 8.38. The summed E-state index contributed by atoms with van der Waals surface area (Å²) in [7, 11) is 0. The minimum absolute atomic E-state index is 0.0477. The summed E-state index contributed by atoms with van der Waals surface area (Å²) in [4.78, 5) is 14.1. The molecule has 2 heterocycles. The van der Waals surface area contributed by atoms with Gasteiger partial charge in [-0.1, -0.05) is 54.6 Å². The number of hydrogen-bond donors (Lipinski definition) is 2. The Morgan fingerprint density at radius 3 is 2.48 bits per heavy atom. The number of H-pyrrole nitrogens is 1. The van der Waals surface area contributed by atoms with E-state index in [9.17, 15) is 4.79 Å². The molecule has 1 saturated heterocycles. The van der Waals surface area contributed by atoms with Crippen molar-refractivity contribution in [1.82, 2.24) is 20.4 Å². The molecule has 1 fully saturated rings. The fourth-order valence-corrected chi connectivity index (χ4v) is 3.29. The van der Waals surface area contributed by atoms with Crippen molar-refractivity contribution in [3.8, 4) is 11.1 Å². The molecule has 1 aliphatic rings. The largest absolute Gasteiger partial charge is 0.335 e. The first kappa shape index (κ1) is 15.6. The number of aromatic amines is 1. The predicted octanol–water partition coefficient (Wildman–Crippen LogP) is 3.02. The van der Waals surface area contributed by atoms with Crippen molar-refractivity contribution >= 4 is 5.91 Å². The van der Waals surface area contributed by atoms with Gasteiger partial charge >= 0.3 is 0 Å². The lowest BCUT2D eigenvalue weighted by molar-refractivity contribution is -0.118. The maximum atomic E-state index is 11.9. The molecule has 1 atom stereocenters. The van der Waals surface area contributed by atoms with Crippen LogP contribution in [-0.2, 0) is 11.3 Å². The number of nitrogens with zero attached hydrogens (tertiary/aromatic N) is 2. The number of nitrogens with one attached hydrogen (secondary N) is 2. The van der Waals surface area contributed by atoms with Crippen LogP contribution in [0.25, 0.3) is 11.1 Å². The molecule has 0 radical (unpaired) electrons. The molecule has 0 bridgehead atoms. The van der Waals surface area contributed by atoms with Gasteiger partial charge in [0, 0.05) is 17.8 Å². The Labute approximate surface area is 146 Å². The number of aryl methyl sites for hydroxylation is 1. The lowest BCUT2D eigenvalue weighted by Crippen LogP contribution is -2.27. The molecule has 2 aromatic carbocycles. The van der Waals surface area contributed by atoms with Crippen molar-refractivity contribution < 1.29 is 4.79 Å². The number of amides is 1. The minimum atomic E-state index is -0.125. The van der Waals surface area contributed by atoms with E-state index in [1.165, 1.54) is 16.7 Å². The van der Waals surface area contributed by atoms with E-state index < -0.39 is 0 Å². The molecule has 126 valence electrons. The summed E-state index contributed by atoms with van der Waals surface area (Å²) >= 11 is 0. The summed E-state index contributed by atoms with van der Waals surface area (Å²) < 4.78 is 0. The van der Waals surface area contributed by atoms with Gasteiger partial charge < -0.3 is 5.32 Å². The molecule has 5 nitrogen and oxygen atoms in total. The van der Waals surface area contributed by atoms with Crippen LogP contribution in [-0.4, -0.2) is 27.5 Å². The van der Waals surface area contributed by atoms with Gasteiger partial charge in [-0.3, -0.25) is 14.8 Å². The summed E-state index contributed by atoms with van der Waals surface area (Å²) in [5.41, 5.74) is 5.59. The predicted molar refractivity (Wildman–Crippen MR) is 96.5 cm³/mol. The molecule has 25 heavy (non-hydrogen) atoms. The fourth-order valence-electron chi connectivity index (χ4n) is 3.29. The highest BCUT2D eigenvalue weighted by Crippen LogP contribution is 2.26. The normalized spacial score (nSPS) is 17.6. The molecular formula is C20H20N4O. The van der Waals surface area contributed by atoms with Crippen molar-refractivity contribution in [2.75, 3.05) is 6.54 Å². The standard InChI is InChI=1S/C20H20N4O/c1-14-18(11-21-23-14)20-22-19(25)13-24(20)12-15-7-9-17(10-8-15)16-5-3-2-4-6-16/h2-11,20H,12-13H2,1H3,(H,21,23)(H,22,25). The third-order valence-electron chi connectivity index (χ3n) is 4.62. The summed E-state index contributed by atoms with van der Waals surface area (Å²) in [6.45, 7) is 3.08. The number of benzene rings is 2. The number of aromatic nitrogens is 2. The average molecular weight is 332 g/mol. The lowest BCUT2D eigenvalue weighted by Gasteiger charge is -2.23. The Morgan fingerprint density at radius 1 is 1.08 bits per heavy atom. The third-order valence-corrected chi connectivity index (χ3v) is 4.62. The summed E-state index contributed by atoms with van der Waals surface area (Å²) in [6, 6.07) is 18.8. The summed E-state index contributed by atoms with van der Waals surface area (Å²) in [6.07, 6.45) is 1.66. The highest BCUT2D eigenvalue weighted by Gasteiger charge is 2.32. The maximum Gasteiger partial charge on any atom is 0.235 e. The minimum Gasteiger partial charge on any atom is -0.335 e. The Bertz CT molecular complexity index is 870. The SMILES string of the molecule is Cc1[nH]ncc1C1NC(=O)CN1Cc1ccc(-c2ccccc2)cc1. The number of rotatable bonds is 4. The zero-order chi connectivity index (χ0) is 17.2. The van der Waals surface area contributed by atoms with Crippen molar-refractivity contribution in [3.63, 3.8) is 0 Å². The number of carbonyl (C=O) groups excluding carboxylic acids is 1. The van der Waals surface area contributed by atoms with Crippen molar-refractivity contribution in [3.05, 3.63) is 77.6 Å². The highest BCUT2D eigenvalue weighted by molar-refractivity contribution is 5.80. The Kier molecular flexibility index (Phi) is 4.07. The van der Waals surface area contributed by atoms with E-state index in [2.05, 4.69) is 56.8 Å². The second-order valence-electron chi connectivity index (χ2n) is 6.39. The Morgan fingerprint density at radius 2 is 1.80 bits per heavy atom. The monoisotopic (exact) mass is 332 g/mol. The molecule has 4 rings (SSSR count). The van der Waals surface area contributed by atoms with Crippen LogP contribution in [0.3, 0.4) is 0 Å². The van der Waals surface area contributed by atoms with E-state index in [4.69, 9.17) is 0 Å². The topological polar surface area (TPSA) is 61.0 Å². The Hall–Kier alpha value is -2.92. The lowest BCUT2D eigenvalue weighted by atomic mass is 10.0. The van der Waals surface area contributed by atoms with Crippen LogP contribution in [0.2, 0.25) is 0 Å². The summed E-state index contributed by atoms with van der Waals surface area (Å²) in [5.74, 6) is 0.0477. The molecule has 0 aliphatic carbocycles. The van der Waals surface area contributed by atoms with Crippen LogP contribution >= 0.6 is 0 Å². The van der Waals surface area contributed by atoms with Crippen LogP contribution in [0.5, 0.6) is 0 Å². The molecule has 0 spiro atoms. The van der Waals surface area contributed by atoms with Gasteiger partial charge in [0.05, 0.1) is 12.7 Å². The zero-order valence-electron chi connectivity index (χ0n) is 14.1. The van der Waals surface area contributed by atoms with Crippen molar-refractivity contribution in [2.45, 2.75) is 19.6 Å². The van der Waals surface area contributed by atoms with Crippen LogP contribution in [0.1, 0.15) is 23.0 Å². The molecule has 2 N–H and O–H groups in total. The fraction of sp³-hybridized carbons (Fsp3) is 0.200. The van der Waals surface area contributed by atoms with Gasteiger partial charge in [0.25, 0.3) is 0 Å². The molecule has 1 aliphatic heterocycles. The van der Waals surface area contributed by atoms with Crippen LogP contribution in [0.4, 0.5) is 0 Å². The van der Waals surface area contributed by atoms with Gasteiger partial charge in [-0.15, -0.1) is 0 Å². The average Bonchev–Trinajstić information content (AvgIpc) is 3.21. The molecule has 3 aromatic rings. The smallest absolute Gasteiger partial charge is 0.235 e. The van der Waals surface area contributed by atoms with E-state index in [0.29, 0.717) is 13.1 Å². The number of hydrogen-bond acceptors (Lipinski definition) is 3. The van der Waals surface area contributed by atoms with Gasteiger partial charge in [-0.2, -0.15) is 5.10 Å². The van der Waals surface area contributed by atoms with Gasteiger partial charge in [-0.05, 0) is 23.6 Å². The van der Waals surface area contributed by atoms with Gasteiger partial charge in [0.1, 0.15) is 6.17 Å². The van der Waals surface area contributed by atoms with Crippen LogP contribution < -0.4 is 5.32 Å². The first-order valence-electron chi connectivity index (χ1n) is 8.38. The molecule has 1 aromatic heterocycles. The van der Waals surface area contributed by atoms with E-state index in [0.717, 1.165) is 11.3 Å². The molecule has 1 unspecified atom stereocenters. The second kappa shape index (κ2) is 6.53. The van der Waals surface area contributed by atoms with Crippen LogP contribution in [0, 0.1) is 6.92 Å². The quantitative estimate of drug-likeness (QED) is 0.772. The molecule has 1 amide bonds. The third kappa shape index (κ3) is 3.19. The molecule has 0 saturated carbocycles. The molecule has 5 heteroatoms. The van der Waals surface area contributed by atoms with E-state index in [1.54, 1.807) is 6.20 Å². The zero-order valence-corrected chi connectivity index (χ0v) is 14.1. The highest BCUT2D eigenvalue weighted by atomic mass is 16.2. The van der Waals surface area contributed by atoms with Gasteiger partial charge in [0.15, 0.2) is 0 Å². The Balaban J connectivity index is 1.53. The first-order chi connectivity index (χ1) is 12.2. The van der Waals surface area contributed by atoms with E-state index in [1.807, 2.05) is 25.1 Å². The summed E-state index contributed by atoms with van der Waals surface area (Å²) in [5, 5.41) is 10.0. The van der Waals surface area contributed by atoms with E-state index in [-0.39, 0.29) is 12.1 Å². The van der Waals surface area contributed by atoms with E-state index >= 15 is 0 Å². The van der Waals surface area contributed by atoms with Crippen molar-refractivity contribution in [1.29, 1.82) is 0 Å². The second-order valence-corrected chi connectivity index (χ2v) is 6.39. The molecular weight excluding hydrogens is 312 g/mol. The van der Waals surface area contributed by atoms with Gasteiger partial charge in [-0.25, -0.2) is 0 Å². The van der Waals surface area contributed by atoms with Crippen LogP contribution in [0.15, 0.2) is 60.8 Å². The number of carbonyl (C=O) groups is 1. The maximum absolute atomic E-state index is 11.9. The van der Waals surface area contributed by atoms with Crippen molar-refractivity contribution in [2.24, 2.45) is 0 Å².